The standard InChI is InChI=1S/C20H28O8/c1-6-9(2)20(26)19(5,17(24)25)14-12(28-20)8-18(4)13(21)7-11(27-18)10(3)15(22)16(14)23/h7,9,12,14-16,22-23,26H,3,6,8H2,1-2,4-5H3,(H,24,25)/t9-,12+,14+,15+,16+,18+,19-,20-/m1/s1. The maximum absolute atomic E-state index is 12.5. The lowest BCUT2D eigenvalue weighted by atomic mass is 9.63. The minimum Gasteiger partial charge on any atom is -0.481 e. The topological polar surface area (TPSA) is 134 Å². The van der Waals surface area contributed by atoms with Crippen molar-refractivity contribution in [3.05, 3.63) is 24.0 Å². The van der Waals surface area contributed by atoms with Crippen LogP contribution in [-0.4, -0.2) is 61.9 Å². The molecule has 2 bridgehead atoms. The van der Waals surface area contributed by atoms with Crippen molar-refractivity contribution >= 4 is 11.8 Å². The van der Waals surface area contributed by atoms with E-state index in [0.717, 1.165) is 0 Å². The Bertz CT molecular complexity index is 759. The molecule has 28 heavy (non-hydrogen) atoms. The van der Waals surface area contributed by atoms with Gasteiger partial charge in [0.2, 0.25) is 5.78 Å². The molecule has 0 saturated carbocycles. The summed E-state index contributed by atoms with van der Waals surface area (Å²) in [5, 5.41) is 43.1. The molecule has 3 aliphatic rings. The van der Waals surface area contributed by atoms with E-state index in [1.165, 1.54) is 19.9 Å². The van der Waals surface area contributed by atoms with Crippen LogP contribution in [0.25, 0.3) is 0 Å². The molecule has 0 radical (unpaired) electrons. The van der Waals surface area contributed by atoms with Crippen molar-refractivity contribution in [2.45, 2.75) is 70.2 Å². The molecule has 0 aliphatic carbocycles. The number of carbonyl (C=O) groups is 2. The van der Waals surface area contributed by atoms with E-state index in [1.54, 1.807) is 13.8 Å². The van der Waals surface area contributed by atoms with E-state index in [2.05, 4.69) is 6.58 Å². The zero-order valence-corrected chi connectivity index (χ0v) is 16.5. The fourth-order valence-corrected chi connectivity index (χ4v) is 4.79. The van der Waals surface area contributed by atoms with Crippen molar-refractivity contribution < 1.29 is 39.5 Å². The molecule has 0 aromatic carbocycles. The minimum absolute atomic E-state index is 0.0167. The summed E-state index contributed by atoms with van der Waals surface area (Å²) in [5.41, 5.74) is -3.33. The molecule has 8 heteroatoms. The van der Waals surface area contributed by atoms with Crippen LogP contribution in [-0.2, 0) is 19.1 Å². The van der Waals surface area contributed by atoms with E-state index in [9.17, 15) is 30.0 Å². The van der Waals surface area contributed by atoms with E-state index in [0.29, 0.717) is 6.42 Å². The predicted octanol–water partition coefficient (Wildman–Crippen LogP) is 0.751. The first kappa shape index (κ1) is 21.0. The van der Waals surface area contributed by atoms with Crippen LogP contribution in [0, 0.1) is 17.3 Å². The van der Waals surface area contributed by atoms with Gasteiger partial charge in [-0.1, -0.05) is 20.4 Å². The molecule has 0 aromatic rings. The summed E-state index contributed by atoms with van der Waals surface area (Å²) in [4.78, 5) is 24.9. The van der Waals surface area contributed by atoms with Crippen molar-refractivity contribution in [2.75, 3.05) is 0 Å². The highest BCUT2D eigenvalue weighted by atomic mass is 16.6. The minimum atomic E-state index is -2.11. The molecule has 0 unspecified atom stereocenters. The van der Waals surface area contributed by atoms with Crippen LogP contribution >= 0.6 is 0 Å². The molecule has 2 saturated heterocycles. The average Bonchev–Trinajstić information content (AvgIpc) is 3.05. The van der Waals surface area contributed by atoms with Crippen LogP contribution in [0.1, 0.15) is 40.5 Å². The molecule has 156 valence electrons. The van der Waals surface area contributed by atoms with Gasteiger partial charge in [-0.15, -0.1) is 0 Å². The number of ether oxygens (including phenoxy) is 2. The third kappa shape index (κ3) is 2.51. The average molecular weight is 396 g/mol. The number of rotatable bonds is 3. The van der Waals surface area contributed by atoms with Crippen LogP contribution in [0.4, 0.5) is 0 Å². The summed E-state index contributed by atoms with van der Waals surface area (Å²) in [5.74, 6) is -5.57. The highest BCUT2D eigenvalue weighted by Gasteiger charge is 2.71. The summed E-state index contributed by atoms with van der Waals surface area (Å²) in [6.45, 7) is 10.0. The largest absolute Gasteiger partial charge is 0.481 e. The Labute approximate surface area is 163 Å². The molecule has 3 heterocycles. The van der Waals surface area contributed by atoms with E-state index in [1.807, 2.05) is 0 Å². The first-order valence-corrected chi connectivity index (χ1v) is 9.47. The Morgan fingerprint density at radius 1 is 1.39 bits per heavy atom. The number of aliphatic carboxylic acids is 1. The molecular weight excluding hydrogens is 368 g/mol. The molecule has 2 fully saturated rings. The maximum atomic E-state index is 12.5. The third-order valence-corrected chi connectivity index (χ3v) is 6.94. The normalized spacial score (nSPS) is 46.8. The fourth-order valence-electron chi connectivity index (χ4n) is 4.79. The first-order chi connectivity index (χ1) is 12.8. The van der Waals surface area contributed by atoms with Gasteiger partial charge in [0.1, 0.15) is 17.3 Å². The summed E-state index contributed by atoms with van der Waals surface area (Å²) in [7, 11) is 0. The maximum Gasteiger partial charge on any atom is 0.315 e. The molecule has 8 nitrogen and oxygen atoms in total. The molecule has 0 spiro atoms. The molecule has 8 atom stereocenters. The molecule has 3 rings (SSSR count). The summed E-state index contributed by atoms with van der Waals surface area (Å²) < 4.78 is 11.6. The number of ketones is 1. The quantitative estimate of drug-likeness (QED) is 0.549. The van der Waals surface area contributed by atoms with Crippen LogP contribution < -0.4 is 0 Å². The van der Waals surface area contributed by atoms with E-state index in [-0.39, 0.29) is 23.5 Å². The van der Waals surface area contributed by atoms with E-state index < -0.39 is 52.9 Å². The van der Waals surface area contributed by atoms with Gasteiger partial charge in [0.05, 0.1) is 12.2 Å². The highest BCUT2D eigenvalue weighted by molar-refractivity contribution is 6.00. The van der Waals surface area contributed by atoms with Gasteiger partial charge < -0.3 is 29.9 Å². The SMILES string of the molecule is C=C1C2=CC(=O)[C@](C)(C[C@@H]3O[C@](O)([C@H](C)CC)[C@@](C)(C(=O)O)[C@@H]3[C@H](O)[C@H]1O)O2. The van der Waals surface area contributed by atoms with Crippen LogP contribution in [0.5, 0.6) is 0 Å². The lowest BCUT2D eigenvalue weighted by Crippen LogP contribution is -2.58. The number of carboxylic acids is 1. The summed E-state index contributed by atoms with van der Waals surface area (Å²) in [6, 6.07) is 0. The van der Waals surface area contributed by atoms with Crippen molar-refractivity contribution in [3.63, 3.8) is 0 Å². The molecule has 0 aromatic heterocycles. The zero-order valence-electron chi connectivity index (χ0n) is 16.5. The van der Waals surface area contributed by atoms with Crippen molar-refractivity contribution in [1.82, 2.24) is 0 Å². The summed E-state index contributed by atoms with van der Waals surface area (Å²) >= 11 is 0. The van der Waals surface area contributed by atoms with E-state index in [4.69, 9.17) is 9.47 Å². The van der Waals surface area contributed by atoms with Gasteiger partial charge in [0.25, 0.3) is 0 Å². The third-order valence-electron chi connectivity index (χ3n) is 6.94. The Morgan fingerprint density at radius 3 is 2.54 bits per heavy atom. The summed E-state index contributed by atoms with van der Waals surface area (Å²) in [6.07, 6.45) is -2.69. The van der Waals surface area contributed by atoms with Crippen molar-refractivity contribution in [2.24, 2.45) is 17.3 Å². The van der Waals surface area contributed by atoms with Gasteiger partial charge in [-0.25, -0.2) is 0 Å². The number of hydrogen-bond acceptors (Lipinski definition) is 7. The number of aliphatic hydroxyl groups excluding tert-OH is 2. The van der Waals surface area contributed by atoms with Crippen molar-refractivity contribution in [1.29, 1.82) is 0 Å². The zero-order chi connectivity index (χ0) is 21.2. The second-order valence-electron chi connectivity index (χ2n) is 8.57. The second-order valence-corrected chi connectivity index (χ2v) is 8.57. The lowest BCUT2D eigenvalue weighted by molar-refractivity contribution is -0.269. The lowest BCUT2D eigenvalue weighted by Gasteiger charge is -2.42. The fraction of sp³-hybridized carbons (Fsp3) is 0.700. The van der Waals surface area contributed by atoms with Crippen LogP contribution in [0.15, 0.2) is 24.0 Å². The predicted molar refractivity (Wildman–Crippen MR) is 96.9 cm³/mol. The molecule has 0 amide bonds. The Balaban J connectivity index is 2.20. The number of carboxylic acid groups (broad SMARTS) is 1. The van der Waals surface area contributed by atoms with Crippen LogP contribution in [0.2, 0.25) is 0 Å². The van der Waals surface area contributed by atoms with E-state index >= 15 is 0 Å². The smallest absolute Gasteiger partial charge is 0.315 e. The van der Waals surface area contributed by atoms with Gasteiger partial charge in [-0.2, -0.15) is 0 Å². The van der Waals surface area contributed by atoms with Crippen LogP contribution in [0.3, 0.4) is 0 Å². The number of carbonyl (C=O) groups excluding carboxylic acids is 1. The van der Waals surface area contributed by atoms with Gasteiger partial charge >= 0.3 is 5.97 Å². The van der Waals surface area contributed by atoms with Crippen molar-refractivity contribution in [3.8, 4) is 0 Å². The Hall–Kier alpha value is -1.74. The highest BCUT2D eigenvalue weighted by Crippen LogP contribution is 2.58. The molecule has 3 aliphatic heterocycles. The number of aliphatic hydroxyl groups is 3. The number of fused-ring (bicyclic) bond motifs is 3. The monoisotopic (exact) mass is 396 g/mol. The van der Waals surface area contributed by atoms with Gasteiger partial charge in [-0.05, 0) is 20.3 Å². The number of hydrogen-bond donors (Lipinski definition) is 4. The van der Waals surface area contributed by atoms with Gasteiger partial charge in [-0.3, -0.25) is 9.59 Å². The van der Waals surface area contributed by atoms with Gasteiger partial charge in [0.15, 0.2) is 11.4 Å². The Morgan fingerprint density at radius 2 is 2.00 bits per heavy atom. The second kappa shape index (κ2) is 6.38. The molecular formula is C20H28O8. The Kier molecular flexibility index (Phi) is 4.78. The van der Waals surface area contributed by atoms with Gasteiger partial charge in [0, 0.05) is 29.9 Å². The first-order valence-electron chi connectivity index (χ1n) is 9.47. The molecule has 4 N–H and O–H groups in total.